The third-order valence-electron chi connectivity index (χ3n) is 3.91. The van der Waals surface area contributed by atoms with Crippen molar-refractivity contribution in [2.45, 2.75) is 25.4 Å². The van der Waals surface area contributed by atoms with E-state index in [1.807, 2.05) is 0 Å². The minimum atomic E-state index is 0.635. The van der Waals surface area contributed by atoms with Gasteiger partial charge in [0, 0.05) is 44.5 Å². The molecule has 0 amide bonds. The number of hydrogen-bond acceptors (Lipinski definition) is 3. The van der Waals surface area contributed by atoms with Gasteiger partial charge in [0.2, 0.25) is 0 Å². The number of nitrogens with two attached hydrogens (primary N) is 1. The Morgan fingerprint density at radius 1 is 1.00 bits per heavy atom. The molecule has 1 aliphatic carbocycles. The summed E-state index contributed by atoms with van der Waals surface area (Å²) in [6.45, 7) is 5.42. The van der Waals surface area contributed by atoms with Gasteiger partial charge < -0.3 is 10.6 Å². The molecule has 2 fully saturated rings. The quantitative estimate of drug-likeness (QED) is 0.854. The first kappa shape index (κ1) is 11.1. The van der Waals surface area contributed by atoms with Gasteiger partial charge in [-0.15, -0.1) is 0 Å². The predicted octanol–water partition coefficient (Wildman–Crippen LogP) is 1.43. The van der Waals surface area contributed by atoms with E-state index in [4.69, 9.17) is 5.73 Å². The summed E-state index contributed by atoms with van der Waals surface area (Å²) in [7, 11) is 0. The van der Waals surface area contributed by atoms with Gasteiger partial charge in [-0.25, -0.2) is 0 Å². The molecule has 0 radical (unpaired) electrons. The van der Waals surface area contributed by atoms with Crippen LogP contribution in [-0.2, 0) is 6.54 Å². The number of anilines is 1. The molecule has 0 aromatic heterocycles. The Morgan fingerprint density at radius 3 is 2.18 bits per heavy atom. The van der Waals surface area contributed by atoms with Gasteiger partial charge >= 0.3 is 0 Å². The topological polar surface area (TPSA) is 32.5 Å². The molecule has 2 N–H and O–H groups in total. The summed E-state index contributed by atoms with van der Waals surface area (Å²) in [6.07, 6.45) is 2.84. The summed E-state index contributed by atoms with van der Waals surface area (Å²) in [5, 5.41) is 0. The van der Waals surface area contributed by atoms with Crippen molar-refractivity contribution in [1.82, 2.24) is 4.90 Å². The van der Waals surface area contributed by atoms with Crippen LogP contribution in [0.25, 0.3) is 0 Å². The lowest BCUT2D eigenvalue weighted by Crippen LogP contribution is -2.47. The second-order valence-corrected chi connectivity index (χ2v) is 5.12. The van der Waals surface area contributed by atoms with Gasteiger partial charge in [0.1, 0.15) is 0 Å². The highest BCUT2D eigenvalue weighted by Crippen LogP contribution is 2.28. The zero-order valence-electron chi connectivity index (χ0n) is 10.3. The van der Waals surface area contributed by atoms with Crippen LogP contribution in [0.15, 0.2) is 24.3 Å². The first-order valence-electron chi connectivity index (χ1n) is 6.65. The Balaban J connectivity index is 1.60. The molecule has 1 saturated heterocycles. The van der Waals surface area contributed by atoms with E-state index >= 15 is 0 Å². The lowest BCUT2D eigenvalue weighted by molar-refractivity contribution is 0.248. The third kappa shape index (κ3) is 2.45. The zero-order valence-corrected chi connectivity index (χ0v) is 10.3. The number of rotatable bonds is 3. The number of benzene rings is 1. The molecule has 1 heterocycles. The molecule has 92 valence electrons. The van der Waals surface area contributed by atoms with E-state index in [0.717, 1.165) is 6.04 Å². The Hall–Kier alpha value is -1.06. The SMILES string of the molecule is NCc1ccc(N2CCN(C3CC3)CC2)cc1. The second kappa shape index (κ2) is 4.67. The fourth-order valence-corrected chi connectivity index (χ4v) is 2.63. The van der Waals surface area contributed by atoms with E-state index in [1.54, 1.807) is 0 Å². The van der Waals surface area contributed by atoms with Crippen LogP contribution in [0.4, 0.5) is 5.69 Å². The fourth-order valence-electron chi connectivity index (χ4n) is 2.63. The molecule has 3 rings (SSSR count). The molecule has 1 aromatic carbocycles. The van der Waals surface area contributed by atoms with Crippen molar-refractivity contribution in [3.05, 3.63) is 29.8 Å². The van der Waals surface area contributed by atoms with Crippen molar-refractivity contribution in [3.8, 4) is 0 Å². The summed E-state index contributed by atoms with van der Waals surface area (Å²) < 4.78 is 0. The lowest BCUT2D eigenvalue weighted by Gasteiger charge is -2.36. The standard InChI is InChI=1S/C14H21N3/c15-11-12-1-3-13(4-2-12)16-7-9-17(10-8-16)14-5-6-14/h1-4,14H,5-11,15H2. The average molecular weight is 231 g/mol. The zero-order chi connectivity index (χ0) is 11.7. The molecular weight excluding hydrogens is 210 g/mol. The lowest BCUT2D eigenvalue weighted by atomic mass is 10.2. The molecule has 0 bridgehead atoms. The molecule has 0 unspecified atom stereocenters. The molecule has 1 saturated carbocycles. The van der Waals surface area contributed by atoms with Crippen molar-refractivity contribution >= 4 is 5.69 Å². The molecule has 0 spiro atoms. The van der Waals surface area contributed by atoms with Crippen molar-refractivity contribution in [2.24, 2.45) is 5.73 Å². The van der Waals surface area contributed by atoms with Crippen LogP contribution in [0.1, 0.15) is 18.4 Å². The van der Waals surface area contributed by atoms with Crippen molar-refractivity contribution in [3.63, 3.8) is 0 Å². The minimum absolute atomic E-state index is 0.635. The van der Waals surface area contributed by atoms with E-state index < -0.39 is 0 Å². The normalized spacial score (nSPS) is 21.8. The predicted molar refractivity (Wildman–Crippen MR) is 71.1 cm³/mol. The van der Waals surface area contributed by atoms with E-state index in [2.05, 4.69) is 34.1 Å². The average Bonchev–Trinajstić information content (AvgIpc) is 3.24. The highest BCUT2D eigenvalue weighted by Gasteiger charge is 2.31. The molecule has 1 aliphatic heterocycles. The van der Waals surface area contributed by atoms with Gasteiger partial charge in [0.25, 0.3) is 0 Å². The van der Waals surface area contributed by atoms with Crippen LogP contribution in [0.3, 0.4) is 0 Å². The summed E-state index contributed by atoms with van der Waals surface area (Å²) in [4.78, 5) is 5.13. The van der Waals surface area contributed by atoms with Crippen molar-refractivity contribution < 1.29 is 0 Å². The maximum absolute atomic E-state index is 5.62. The summed E-state index contributed by atoms with van der Waals surface area (Å²) in [6, 6.07) is 9.60. The van der Waals surface area contributed by atoms with Crippen LogP contribution >= 0.6 is 0 Å². The first-order chi connectivity index (χ1) is 8.36. The summed E-state index contributed by atoms with van der Waals surface area (Å²) in [5.74, 6) is 0. The van der Waals surface area contributed by atoms with Crippen molar-refractivity contribution in [1.29, 1.82) is 0 Å². The van der Waals surface area contributed by atoms with Gasteiger partial charge in [-0.3, -0.25) is 4.90 Å². The van der Waals surface area contributed by atoms with Gasteiger partial charge in [0.15, 0.2) is 0 Å². The van der Waals surface area contributed by atoms with E-state index in [9.17, 15) is 0 Å². The number of nitrogens with zero attached hydrogens (tertiary/aromatic N) is 2. The fraction of sp³-hybridized carbons (Fsp3) is 0.571. The van der Waals surface area contributed by atoms with Gasteiger partial charge in [0.05, 0.1) is 0 Å². The molecule has 0 atom stereocenters. The third-order valence-corrected chi connectivity index (χ3v) is 3.91. The van der Waals surface area contributed by atoms with E-state index in [1.165, 1.54) is 50.3 Å². The molecule has 3 heteroatoms. The van der Waals surface area contributed by atoms with Crippen LogP contribution in [0.2, 0.25) is 0 Å². The van der Waals surface area contributed by atoms with Crippen LogP contribution in [-0.4, -0.2) is 37.1 Å². The van der Waals surface area contributed by atoms with Gasteiger partial charge in [-0.1, -0.05) is 12.1 Å². The van der Waals surface area contributed by atoms with Crippen molar-refractivity contribution in [2.75, 3.05) is 31.1 Å². The maximum Gasteiger partial charge on any atom is 0.0367 e. The Morgan fingerprint density at radius 2 is 1.65 bits per heavy atom. The Kier molecular flexibility index (Phi) is 3.04. The highest BCUT2D eigenvalue weighted by atomic mass is 15.3. The Labute approximate surface area is 103 Å². The van der Waals surface area contributed by atoms with Crippen LogP contribution in [0.5, 0.6) is 0 Å². The minimum Gasteiger partial charge on any atom is -0.369 e. The smallest absolute Gasteiger partial charge is 0.0367 e. The van der Waals surface area contributed by atoms with Gasteiger partial charge in [-0.2, -0.15) is 0 Å². The number of piperazine rings is 1. The van der Waals surface area contributed by atoms with Crippen LogP contribution in [0, 0.1) is 0 Å². The monoisotopic (exact) mass is 231 g/mol. The first-order valence-corrected chi connectivity index (χ1v) is 6.65. The van der Waals surface area contributed by atoms with Gasteiger partial charge in [-0.05, 0) is 30.5 Å². The number of hydrogen-bond donors (Lipinski definition) is 1. The van der Waals surface area contributed by atoms with E-state index in [-0.39, 0.29) is 0 Å². The van der Waals surface area contributed by atoms with Crippen LogP contribution < -0.4 is 10.6 Å². The molecular formula is C14H21N3. The highest BCUT2D eigenvalue weighted by molar-refractivity contribution is 5.48. The maximum atomic E-state index is 5.62. The molecule has 3 nitrogen and oxygen atoms in total. The largest absolute Gasteiger partial charge is 0.369 e. The summed E-state index contributed by atoms with van der Waals surface area (Å²) >= 11 is 0. The molecule has 17 heavy (non-hydrogen) atoms. The van der Waals surface area contributed by atoms with E-state index in [0.29, 0.717) is 6.54 Å². The summed E-state index contributed by atoms with van der Waals surface area (Å²) in [5.41, 5.74) is 8.17. The molecule has 1 aromatic rings. The second-order valence-electron chi connectivity index (χ2n) is 5.12. The Bertz CT molecular complexity index is 362. The molecule has 2 aliphatic rings.